The molecule has 6 heteroatoms. The highest BCUT2D eigenvalue weighted by Gasteiger charge is 2.66. The lowest BCUT2D eigenvalue weighted by molar-refractivity contribution is -0.219. The van der Waals surface area contributed by atoms with Crippen molar-refractivity contribution < 1.29 is 30.3 Å². The molecule has 4 aliphatic rings. The molecule has 4 saturated carbocycles. The molecule has 4 fully saturated rings. The molecule has 0 aromatic rings. The second kappa shape index (κ2) is 7.72. The normalized spacial score (nSPS) is 54.0. The molecule has 0 radical (unpaired) electrons. The minimum absolute atomic E-state index is 0.0961. The van der Waals surface area contributed by atoms with Crippen molar-refractivity contribution in [2.75, 3.05) is 0 Å². The van der Waals surface area contributed by atoms with E-state index in [2.05, 4.69) is 20.8 Å². The first-order valence-corrected chi connectivity index (χ1v) is 11.9. The third-order valence-electron chi connectivity index (χ3n) is 10.4. The molecule has 4 aliphatic carbocycles. The van der Waals surface area contributed by atoms with Crippen LogP contribution in [0, 0.1) is 46.3 Å². The molecule has 0 aliphatic heterocycles. The van der Waals surface area contributed by atoms with Gasteiger partial charge in [0, 0.05) is 6.42 Å². The van der Waals surface area contributed by atoms with Gasteiger partial charge in [0.1, 0.15) is 0 Å². The van der Waals surface area contributed by atoms with E-state index in [4.69, 9.17) is 5.11 Å². The highest BCUT2D eigenvalue weighted by Crippen LogP contribution is 2.68. The highest BCUT2D eigenvalue weighted by molar-refractivity contribution is 5.66. The summed E-state index contributed by atoms with van der Waals surface area (Å²) < 4.78 is 0. The quantitative estimate of drug-likeness (QED) is 0.473. The standard InChI is InChI=1S/C24H40O6/c1-12(4-7-21(29)30)14-5-6-15-22-16(10-20(28)24(14,15)3)23(2)11-19(27)17(25)8-13(23)9-18(22)26/h12-20,22,25-28H,4-11H2,1-3H3,(H,29,30)/t12-,13?,14-,15+,16+,17?,18?,19?,20?,22+,23+,24-/m1/s1. The van der Waals surface area contributed by atoms with Crippen LogP contribution in [0.1, 0.15) is 72.1 Å². The Labute approximate surface area is 179 Å². The van der Waals surface area contributed by atoms with Crippen LogP contribution in [-0.2, 0) is 4.79 Å². The maximum Gasteiger partial charge on any atom is 0.303 e. The number of carbonyl (C=O) groups is 1. The molecular weight excluding hydrogens is 384 g/mol. The summed E-state index contributed by atoms with van der Waals surface area (Å²) in [7, 11) is 0. The number of aliphatic carboxylic acids is 1. The van der Waals surface area contributed by atoms with E-state index in [1.165, 1.54) is 0 Å². The Balaban J connectivity index is 1.62. The number of hydrogen-bond acceptors (Lipinski definition) is 5. The Morgan fingerprint density at radius 2 is 1.63 bits per heavy atom. The number of hydrogen-bond donors (Lipinski definition) is 5. The average molecular weight is 425 g/mol. The van der Waals surface area contributed by atoms with Crippen LogP contribution >= 0.6 is 0 Å². The van der Waals surface area contributed by atoms with Crippen molar-refractivity contribution in [2.24, 2.45) is 46.3 Å². The minimum Gasteiger partial charge on any atom is -0.481 e. The molecule has 0 saturated heterocycles. The van der Waals surface area contributed by atoms with Gasteiger partial charge in [0.15, 0.2) is 0 Å². The molecular formula is C24H40O6. The van der Waals surface area contributed by atoms with E-state index in [0.717, 1.165) is 12.8 Å². The summed E-state index contributed by atoms with van der Waals surface area (Å²) >= 11 is 0. The molecule has 0 bridgehead atoms. The minimum atomic E-state index is -0.773. The van der Waals surface area contributed by atoms with E-state index in [0.29, 0.717) is 32.1 Å². The largest absolute Gasteiger partial charge is 0.481 e. The molecule has 6 nitrogen and oxygen atoms in total. The molecule has 0 spiro atoms. The van der Waals surface area contributed by atoms with Crippen LogP contribution in [0.5, 0.6) is 0 Å². The third kappa shape index (κ3) is 3.25. The molecule has 5 N–H and O–H groups in total. The zero-order chi connectivity index (χ0) is 22.0. The van der Waals surface area contributed by atoms with E-state index in [1.54, 1.807) is 0 Å². The smallest absolute Gasteiger partial charge is 0.303 e. The Hall–Kier alpha value is -0.690. The molecule has 0 amide bonds. The predicted molar refractivity (Wildman–Crippen MR) is 111 cm³/mol. The van der Waals surface area contributed by atoms with Gasteiger partial charge < -0.3 is 25.5 Å². The Morgan fingerprint density at radius 3 is 2.30 bits per heavy atom. The zero-order valence-electron chi connectivity index (χ0n) is 18.6. The molecule has 5 unspecified atom stereocenters. The number of carboxylic acid groups (broad SMARTS) is 1. The van der Waals surface area contributed by atoms with Gasteiger partial charge in [0.05, 0.1) is 24.4 Å². The molecule has 12 atom stereocenters. The molecule has 4 rings (SSSR count). The fraction of sp³-hybridized carbons (Fsp3) is 0.958. The zero-order valence-corrected chi connectivity index (χ0v) is 18.6. The topological polar surface area (TPSA) is 118 Å². The summed E-state index contributed by atoms with van der Waals surface area (Å²) in [5.74, 6) is 0.307. The van der Waals surface area contributed by atoms with Crippen molar-refractivity contribution >= 4 is 5.97 Å². The lowest BCUT2D eigenvalue weighted by Gasteiger charge is -2.64. The van der Waals surface area contributed by atoms with Crippen molar-refractivity contribution in [1.82, 2.24) is 0 Å². The fourth-order valence-corrected chi connectivity index (χ4v) is 8.72. The lowest BCUT2D eigenvalue weighted by Crippen LogP contribution is -2.63. The second-order valence-electron chi connectivity index (χ2n) is 11.6. The first-order chi connectivity index (χ1) is 14.0. The maximum atomic E-state index is 11.5. The van der Waals surface area contributed by atoms with E-state index >= 15 is 0 Å². The Bertz CT molecular complexity index is 668. The number of carboxylic acids is 1. The Kier molecular flexibility index (Phi) is 5.79. The van der Waals surface area contributed by atoms with Gasteiger partial charge in [-0.25, -0.2) is 0 Å². The monoisotopic (exact) mass is 424 g/mol. The van der Waals surface area contributed by atoms with Crippen LogP contribution in [0.3, 0.4) is 0 Å². The van der Waals surface area contributed by atoms with Crippen LogP contribution in [0.4, 0.5) is 0 Å². The van der Waals surface area contributed by atoms with Crippen LogP contribution in [0.15, 0.2) is 0 Å². The summed E-state index contributed by atoms with van der Waals surface area (Å²) in [5, 5.41) is 52.5. The first-order valence-electron chi connectivity index (χ1n) is 11.9. The first kappa shape index (κ1) is 22.5. The average Bonchev–Trinajstić information content (AvgIpc) is 3.02. The summed E-state index contributed by atoms with van der Waals surface area (Å²) in [6, 6.07) is 0. The van der Waals surface area contributed by atoms with Crippen LogP contribution in [0.2, 0.25) is 0 Å². The fourth-order valence-electron chi connectivity index (χ4n) is 8.72. The van der Waals surface area contributed by atoms with Gasteiger partial charge in [-0.05, 0) is 91.3 Å². The summed E-state index contributed by atoms with van der Waals surface area (Å²) in [4.78, 5) is 11.1. The van der Waals surface area contributed by atoms with E-state index in [9.17, 15) is 25.2 Å². The van der Waals surface area contributed by atoms with E-state index in [1.807, 2.05) is 0 Å². The molecule has 0 aromatic heterocycles. The van der Waals surface area contributed by atoms with Gasteiger partial charge in [0.25, 0.3) is 0 Å². The molecule has 0 aromatic carbocycles. The maximum absolute atomic E-state index is 11.5. The number of rotatable bonds is 4. The van der Waals surface area contributed by atoms with Crippen LogP contribution in [-0.4, -0.2) is 55.9 Å². The van der Waals surface area contributed by atoms with Crippen LogP contribution < -0.4 is 0 Å². The van der Waals surface area contributed by atoms with Gasteiger partial charge in [-0.2, -0.15) is 0 Å². The predicted octanol–water partition coefficient (Wildman–Crippen LogP) is 2.42. The third-order valence-corrected chi connectivity index (χ3v) is 10.4. The van der Waals surface area contributed by atoms with Gasteiger partial charge in [-0.3, -0.25) is 4.79 Å². The summed E-state index contributed by atoms with van der Waals surface area (Å²) in [5.41, 5.74) is -0.492. The van der Waals surface area contributed by atoms with Gasteiger partial charge in [0.2, 0.25) is 0 Å². The van der Waals surface area contributed by atoms with Crippen LogP contribution in [0.25, 0.3) is 0 Å². The summed E-state index contributed by atoms with van der Waals surface area (Å²) in [6.07, 6.45) is 2.63. The second-order valence-corrected chi connectivity index (χ2v) is 11.6. The van der Waals surface area contributed by atoms with E-state index in [-0.39, 0.29) is 52.8 Å². The van der Waals surface area contributed by atoms with E-state index < -0.39 is 30.4 Å². The Morgan fingerprint density at radius 1 is 0.967 bits per heavy atom. The highest BCUT2D eigenvalue weighted by atomic mass is 16.4. The van der Waals surface area contributed by atoms with Gasteiger partial charge in [-0.15, -0.1) is 0 Å². The SMILES string of the molecule is C[C@H](CCC(=O)O)[C@H]1CC[C@H]2[C@@H]3C(O)CC4CC(O)C(O)C[C@]4(C)[C@H]3CC(O)[C@]12C. The van der Waals surface area contributed by atoms with Crippen molar-refractivity contribution in [3.63, 3.8) is 0 Å². The molecule has 0 heterocycles. The van der Waals surface area contributed by atoms with Gasteiger partial charge >= 0.3 is 5.97 Å². The molecule has 172 valence electrons. The summed E-state index contributed by atoms with van der Waals surface area (Å²) in [6.45, 7) is 6.50. The lowest BCUT2D eigenvalue weighted by atomic mass is 9.43. The van der Waals surface area contributed by atoms with Crippen molar-refractivity contribution in [1.29, 1.82) is 0 Å². The number of aliphatic hydroxyl groups excluding tert-OH is 4. The number of aliphatic hydroxyl groups is 4. The number of fused-ring (bicyclic) bond motifs is 5. The molecule has 30 heavy (non-hydrogen) atoms. The van der Waals surface area contributed by atoms with Gasteiger partial charge in [-0.1, -0.05) is 20.8 Å². The van der Waals surface area contributed by atoms with Crippen molar-refractivity contribution in [3.05, 3.63) is 0 Å². The van der Waals surface area contributed by atoms with Crippen molar-refractivity contribution in [3.8, 4) is 0 Å². The van der Waals surface area contributed by atoms with Crippen molar-refractivity contribution in [2.45, 2.75) is 96.6 Å².